The average Bonchev–Trinajstić information content (AvgIpc) is 2.65. The molecule has 0 bridgehead atoms. The highest BCUT2D eigenvalue weighted by molar-refractivity contribution is 5.98. The van der Waals surface area contributed by atoms with E-state index in [4.69, 9.17) is 0 Å². The smallest absolute Gasteiger partial charge is 0.220 e. The second kappa shape index (κ2) is 9.74. The van der Waals surface area contributed by atoms with Crippen molar-refractivity contribution in [1.82, 2.24) is 10.6 Å². The first kappa shape index (κ1) is 18.9. The van der Waals surface area contributed by atoms with E-state index in [1.54, 1.807) is 0 Å². The van der Waals surface area contributed by atoms with Crippen molar-refractivity contribution in [3.63, 3.8) is 0 Å². The molecule has 2 rings (SSSR count). The molecule has 0 aromatic heterocycles. The first-order valence-corrected chi connectivity index (χ1v) is 8.79. The van der Waals surface area contributed by atoms with E-state index in [-0.39, 0.29) is 30.6 Å². The van der Waals surface area contributed by atoms with Crippen LogP contribution in [-0.4, -0.2) is 30.8 Å². The zero-order valence-corrected chi connectivity index (χ0v) is 14.9. The van der Waals surface area contributed by atoms with E-state index < -0.39 is 0 Å². The molecule has 2 aromatic rings. The van der Waals surface area contributed by atoms with Gasteiger partial charge < -0.3 is 10.6 Å². The van der Waals surface area contributed by atoms with Crippen molar-refractivity contribution >= 4 is 11.7 Å². The van der Waals surface area contributed by atoms with Crippen LogP contribution in [0.4, 0.5) is 0 Å². The van der Waals surface area contributed by atoms with Crippen LogP contribution in [-0.2, 0) is 4.79 Å². The third-order valence-corrected chi connectivity index (χ3v) is 4.05. The number of rotatable bonds is 9. The molecule has 0 heterocycles. The minimum Gasteiger partial charge on any atom is -0.355 e. The standard InChI is InChI=1S/C21H26N2O2/c1-3-22-16(2)15-23-21(25)14-13-20(24)19-11-9-18(10-12-19)17-7-5-4-6-8-17/h4-12,16,22H,3,13-15H2,1-2H3,(H,23,25)/t16-/m1/s1. The number of hydrogen-bond acceptors (Lipinski definition) is 3. The number of Topliss-reactive ketones (excluding diaryl/α,β-unsaturated/α-hetero) is 1. The number of hydrogen-bond donors (Lipinski definition) is 2. The first-order chi connectivity index (χ1) is 12.1. The number of amides is 1. The molecule has 2 N–H and O–H groups in total. The van der Waals surface area contributed by atoms with Crippen molar-refractivity contribution in [2.24, 2.45) is 0 Å². The van der Waals surface area contributed by atoms with Crippen LogP contribution in [0, 0.1) is 0 Å². The van der Waals surface area contributed by atoms with E-state index in [0.29, 0.717) is 12.1 Å². The summed E-state index contributed by atoms with van der Waals surface area (Å²) in [6, 6.07) is 17.8. The fourth-order valence-corrected chi connectivity index (χ4v) is 2.63. The summed E-state index contributed by atoms with van der Waals surface area (Å²) in [7, 11) is 0. The van der Waals surface area contributed by atoms with E-state index in [9.17, 15) is 9.59 Å². The Kier molecular flexibility index (Phi) is 7.36. The Labute approximate surface area is 149 Å². The molecule has 0 aliphatic carbocycles. The van der Waals surface area contributed by atoms with Crippen LogP contribution in [0.15, 0.2) is 54.6 Å². The topological polar surface area (TPSA) is 58.2 Å². The highest BCUT2D eigenvalue weighted by Crippen LogP contribution is 2.19. The Morgan fingerprint density at radius 3 is 2.20 bits per heavy atom. The third-order valence-electron chi connectivity index (χ3n) is 4.05. The molecule has 4 heteroatoms. The number of benzene rings is 2. The summed E-state index contributed by atoms with van der Waals surface area (Å²) in [5, 5.41) is 6.08. The van der Waals surface area contributed by atoms with Gasteiger partial charge in [-0.05, 0) is 24.6 Å². The molecule has 132 valence electrons. The molecule has 25 heavy (non-hydrogen) atoms. The maximum Gasteiger partial charge on any atom is 0.220 e. The van der Waals surface area contributed by atoms with Crippen LogP contribution in [0.5, 0.6) is 0 Å². The molecule has 0 radical (unpaired) electrons. The SMILES string of the molecule is CCN[C@H](C)CNC(=O)CCC(=O)c1ccc(-c2ccccc2)cc1. The molecule has 0 fully saturated rings. The van der Waals surface area contributed by atoms with Gasteiger partial charge in [-0.1, -0.05) is 61.5 Å². The van der Waals surface area contributed by atoms with E-state index in [1.807, 2.05) is 68.4 Å². The number of ketones is 1. The van der Waals surface area contributed by atoms with Gasteiger partial charge in [0, 0.05) is 31.0 Å². The Bertz CT molecular complexity index is 681. The summed E-state index contributed by atoms with van der Waals surface area (Å²) >= 11 is 0. The van der Waals surface area contributed by atoms with Crippen LogP contribution < -0.4 is 10.6 Å². The van der Waals surface area contributed by atoms with Crippen LogP contribution >= 0.6 is 0 Å². The zero-order valence-electron chi connectivity index (χ0n) is 14.9. The van der Waals surface area contributed by atoms with Crippen molar-refractivity contribution < 1.29 is 9.59 Å². The van der Waals surface area contributed by atoms with E-state index >= 15 is 0 Å². The van der Waals surface area contributed by atoms with Gasteiger partial charge in [-0.2, -0.15) is 0 Å². The highest BCUT2D eigenvalue weighted by atomic mass is 16.2. The molecule has 0 aliphatic rings. The van der Waals surface area contributed by atoms with Crippen LogP contribution in [0.1, 0.15) is 37.0 Å². The fraction of sp³-hybridized carbons (Fsp3) is 0.333. The molecule has 1 atom stereocenters. The summed E-state index contributed by atoms with van der Waals surface area (Å²) < 4.78 is 0. The summed E-state index contributed by atoms with van der Waals surface area (Å²) in [6.07, 6.45) is 0.449. The Hall–Kier alpha value is -2.46. The van der Waals surface area contributed by atoms with E-state index in [1.165, 1.54) is 0 Å². The molecular weight excluding hydrogens is 312 g/mol. The third kappa shape index (κ3) is 6.16. The highest BCUT2D eigenvalue weighted by Gasteiger charge is 2.10. The van der Waals surface area contributed by atoms with E-state index in [2.05, 4.69) is 10.6 Å². The molecule has 0 spiro atoms. The van der Waals surface area contributed by atoms with Gasteiger partial charge in [0.1, 0.15) is 0 Å². The Morgan fingerprint density at radius 2 is 1.56 bits per heavy atom. The number of carbonyl (C=O) groups is 2. The molecule has 0 unspecified atom stereocenters. The Balaban J connectivity index is 1.82. The van der Waals surface area contributed by atoms with Gasteiger partial charge in [-0.25, -0.2) is 0 Å². The summed E-state index contributed by atoms with van der Waals surface area (Å²) in [6.45, 7) is 5.49. The van der Waals surface area contributed by atoms with Crippen LogP contribution in [0.3, 0.4) is 0 Å². The monoisotopic (exact) mass is 338 g/mol. The zero-order chi connectivity index (χ0) is 18.1. The predicted octanol–water partition coefficient (Wildman–Crippen LogP) is 3.43. The minimum atomic E-state index is -0.0843. The average molecular weight is 338 g/mol. The van der Waals surface area contributed by atoms with Gasteiger partial charge in [-0.15, -0.1) is 0 Å². The van der Waals surface area contributed by atoms with Crippen molar-refractivity contribution in [2.45, 2.75) is 32.7 Å². The quantitative estimate of drug-likeness (QED) is 0.689. The second-order valence-electron chi connectivity index (χ2n) is 6.13. The minimum absolute atomic E-state index is 0.00510. The molecule has 0 saturated heterocycles. The summed E-state index contributed by atoms with van der Waals surface area (Å²) in [4.78, 5) is 24.1. The van der Waals surface area contributed by atoms with Crippen molar-refractivity contribution in [2.75, 3.05) is 13.1 Å². The lowest BCUT2D eigenvalue weighted by Crippen LogP contribution is -2.38. The van der Waals surface area contributed by atoms with Crippen molar-refractivity contribution in [1.29, 1.82) is 0 Å². The fourth-order valence-electron chi connectivity index (χ4n) is 2.63. The second-order valence-corrected chi connectivity index (χ2v) is 6.13. The normalized spacial score (nSPS) is 11.8. The number of nitrogens with one attached hydrogen (secondary N) is 2. The molecule has 2 aromatic carbocycles. The largest absolute Gasteiger partial charge is 0.355 e. The molecule has 4 nitrogen and oxygen atoms in total. The maximum atomic E-state index is 12.2. The molecule has 0 aliphatic heterocycles. The van der Waals surface area contributed by atoms with Crippen molar-refractivity contribution in [3.05, 3.63) is 60.2 Å². The van der Waals surface area contributed by atoms with Gasteiger partial charge in [0.15, 0.2) is 5.78 Å². The van der Waals surface area contributed by atoms with Crippen LogP contribution in [0.25, 0.3) is 11.1 Å². The van der Waals surface area contributed by atoms with Gasteiger partial charge >= 0.3 is 0 Å². The number of likely N-dealkylation sites (N-methyl/N-ethyl adjacent to an activating group) is 1. The lowest BCUT2D eigenvalue weighted by atomic mass is 10.0. The summed E-state index contributed by atoms with van der Waals surface area (Å²) in [5.74, 6) is -0.0893. The van der Waals surface area contributed by atoms with Gasteiger partial charge in [0.05, 0.1) is 0 Å². The maximum absolute atomic E-state index is 12.2. The Morgan fingerprint density at radius 1 is 0.920 bits per heavy atom. The molecular formula is C21H26N2O2. The first-order valence-electron chi connectivity index (χ1n) is 8.79. The lowest BCUT2D eigenvalue weighted by molar-refractivity contribution is -0.121. The number of carbonyl (C=O) groups excluding carboxylic acids is 2. The predicted molar refractivity (Wildman–Crippen MR) is 102 cm³/mol. The molecule has 0 saturated carbocycles. The van der Waals surface area contributed by atoms with Gasteiger partial charge in [-0.3, -0.25) is 9.59 Å². The summed E-state index contributed by atoms with van der Waals surface area (Å²) in [5.41, 5.74) is 2.84. The lowest BCUT2D eigenvalue weighted by Gasteiger charge is -2.13. The van der Waals surface area contributed by atoms with Crippen LogP contribution in [0.2, 0.25) is 0 Å². The molecule has 1 amide bonds. The van der Waals surface area contributed by atoms with Crippen molar-refractivity contribution in [3.8, 4) is 11.1 Å². The van der Waals surface area contributed by atoms with Gasteiger partial charge in [0.2, 0.25) is 5.91 Å². The van der Waals surface area contributed by atoms with Gasteiger partial charge in [0.25, 0.3) is 0 Å². The van der Waals surface area contributed by atoms with E-state index in [0.717, 1.165) is 17.7 Å².